The molecule has 0 aliphatic heterocycles. The lowest BCUT2D eigenvalue weighted by atomic mass is 10.3. The number of hydrogen-bond acceptors (Lipinski definition) is 3. The van der Waals surface area contributed by atoms with Crippen molar-refractivity contribution in [3.63, 3.8) is 0 Å². The molecule has 1 aromatic carbocycles. The van der Waals surface area contributed by atoms with Crippen molar-refractivity contribution in [2.75, 3.05) is 0 Å². The lowest BCUT2D eigenvalue weighted by Crippen LogP contribution is -2.11. The van der Waals surface area contributed by atoms with Crippen LogP contribution in [0.2, 0.25) is 0 Å². The number of nitrogens with two attached hydrogens (primary N) is 1. The standard InChI is InChI=1S/C8H6F3N3O2S/c9-8(10,11)7-13-5-2-1-4(17(12,15)16)3-6(5)14-7/h1-3H,(H,13,14)(H2,12,15,16). The fourth-order valence-electron chi connectivity index (χ4n) is 1.30. The Morgan fingerprint density at radius 1 is 1.29 bits per heavy atom. The van der Waals surface area contributed by atoms with Gasteiger partial charge >= 0.3 is 6.18 Å². The first kappa shape index (κ1) is 11.9. The number of halogens is 3. The van der Waals surface area contributed by atoms with E-state index in [0.29, 0.717) is 0 Å². The zero-order valence-corrected chi connectivity index (χ0v) is 8.93. The Bertz CT molecular complexity index is 675. The van der Waals surface area contributed by atoms with Crippen molar-refractivity contribution in [3.8, 4) is 0 Å². The van der Waals surface area contributed by atoms with Gasteiger partial charge in [-0.25, -0.2) is 18.5 Å². The molecule has 5 nitrogen and oxygen atoms in total. The van der Waals surface area contributed by atoms with E-state index in [1.165, 1.54) is 0 Å². The van der Waals surface area contributed by atoms with Gasteiger partial charge in [0.2, 0.25) is 15.8 Å². The van der Waals surface area contributed by atoms with E-state index in [1.54, 1.807) is 0 Å². The number of nitrogens with zero attached hydrogens (tertiary/aromatic N) is 1. The predicted octanol–water partition coefficient (Wildman–Crippen LogP) is 1.23. The molecule has 0 spiro atoms. The molecule has 2 rings (SSSR count). The Morgan fingerprint density at radius 3 is 2.47 bits per heavy atom. The minimum Gasteiger partial charge on any atom is -0.334 e. The van der Waals surface area contributed by atoms with E-state index < -0.39 is 22.0 Å². The number of alkyl halides is 3. The highest BCUT2D eigenvalue weighted by Crippen LogP contribution is 2.28. The third kappa shape index (κ3) is 2.24. The maximum atomic E-state index is 12.3. The van der Waals surface area contributed by atoms with Crippen molar-refractivity contribution >= 4 is 21.1 Å². The van der Waals surface area contributed by atoms with Gasteiger partial charge in [0.1, 0.15) is 0 Å². The fraction of sp³-hybridized carbons (Fsp3) is 0.125. The number of primary sulfonamides is 1. The van der Waals surface area contributed by atoms with Crippen molar-refractivity contribution in [1.29, 1.82) is 0 Å². The average molecular weight is 265 g/mol. The second-order valence-electron chi connectivity index (χ2n) is 3.31. The molecule has 0 fully saturated rings. The van der Waals surface area contributed by atoms with Gasteiger partial charge in [-0.15, -0.1) is 0 Å². The average Bonchev–Trinajstić information content (AvgIpc) is 2.57. The Balaban J connectivity index is 2.64. The summed E-state index contributed by atoms with van der Waals surface area (Å²) in [4.78, 5) is 5.01. The van der Waals surface area contributed by atoms with Gasteiger partial charge in [0.25, 0.3) is 0 Å². The van der Waals surface area contributed by atoms with Crippen molar-refractivity contribution < 1.29 is 21.6 Å². The maximum absolute atomic E-state index is 12.3. The molecule has 0 bridgehead atoms. The van der Waals surface area contributed by atoms with Crippen LogP contribution in [0.15, 0.2) is 23.1 Å². The maximum Gasteiger partial charge on any atom is 0.449 e. The molecule has 0 radical (unpaired) electrons. The number of hydrogen-bond donors (Lipinski definition) is 2. The Morgan fingerprint density at radius 2 is 1.94 bits per heavy atom. The number of nitrogens with one attached hydrogen (secondary N) is 1. The number of fused-ring (bicyclic) bond motifs is 1. The third-order valence-corrected chi connectivity index (χ3v) is 2.96. The molecule has 0 unspecified atom stereocenters. The van der Waals surface area contributed by atoms with Gasteiger partial charge in [-0.05, 0) is 18.2 Å². The molecule has 0 saturated carbocycles. The summed E-state index contributed by atoms with van der Waals surface area (Å²) >= 11 is 0. The Kier molecular flexibility index (Phi) is 2.40. The summed E-state index contributed by atoms with van der Waals surface area (Å²) in [7, 11) is -3.95. The second-order valence-corrected chi connectivity index (χ2v) is 4.87. The topological polar surface area (TPSA) is 88.8 Å². The van der Waals surface area contributed by atoms with E-state index in [9.17, 15) is 21.6 Å². The van der Waals surface area contributed by atoms with Crippen LogP contribution >= 0.6 is 0 Å². The summed E-state index contributed by atoms with van der Waals surface area (Å²) < 4.78 is 59.0. The van der Waals surface area contributed by atoms with Crippen molar-refractivity contribution in [1.82, 2.24) is 9.97 Å². The first-order valence-electron chi connectivity index (χ1n) is 4.28. The lowest BCUT2D eigenvalue weighted by molar-refractivity contribution is -0.144. The van der Waals surface area contributed by atoms with Crippen LogP contribution in [0.1, 0.15) is 5.82 Å². The predicted molar refractivity (Wildman–Crippen MR) is 52.5 cm³/mol. The molecular weight excluding hydrogens is 259 g/mol. The molecule has 1 aromatic heterocycles. The molecule has 0 amide bonds. The molecule has 0 aliphatic rings. The largest absolute Gasteiger partial charge is 0.449 e. The van der Waals surface area contributed by atoms with E-state index in [0.717, 1.165) is 18.2 Å². The third-order valence-electron chi connectivity index (χ3n) is 2.05. The van der Waals surface area contributed by atoms with Crippen LogP contribution in [0.3, 0.4) is 0 Å². The molecule has 0 atom stereocenters. The SMILES string of the molecule is NS(=O)(=O)c1ccc2nc(C(F)(F)F)[nH]c2c1. The molecule has 92 valence electrons. The smallest absolute Gasteiger partial charge is 0.334 e. The van der Waals surface area contributed by atoms with E-state index in [2.05, 4.69) is 4.98 Å². The van der Waals surface area contributed by atoms with Crippen molar-refractivity contribution in [2.45, 2.75) is 11.1 Å². The molecular formula is C8H6F3N3O2S. The van der Waals surface area contributed by atoms with Crippen molar-refractivity contribution in [3.05, 3.63) is 24.0 Å². The summed E-state index contributed by atoms with van der Waals surface area (Å²) in [6, 6.07) is 3.26. The zero-order valence-electron chi connectivity index (χ0n) is 8.12. The summed E-state index contributed by atoms with van der Waals surface area (Å²) in [5.74, 6) is -1.18. The van der Waals surface area contributed by atoms with Gasteiger partial charge in [0, 0.05) is 0 Å². The first-order valence-corrected chi connectivity index (χ1v) is 5.82. The first-order chi connectivity index (χ1) is 7.68. The zero-order chi connectivity index (χ0) is 12.8. The molecule has 0 aliphatic carbocycles. The molecule has 17 heavy (non-hydrogen) atoms. The highest BCUT2D eigenvalue weighted by Gasteiger charge is 2.34. The lowest BCUT2D eigenvalue weighted by Gasteiger charge is -1.99. The second kappa shape index (κ2) is 3.44. The highest BCUT2D eigenvalue weighted by molar-refractivity contribution is 7.89. The summed E-state index contributed by atoms with van der Waals surface area (Å²) in [5, 5.41) is 4.86. The highest BCUT2D eigenvalue weighted by atomic mass is 32.2. The molecule has 0 saturated heterocycles. The van der Waals surface area contributed by atoms with E-state index in [1.807, 2.05) is 4.98 Å². The van der Waals surface area contributed by atoms with Crippen LogP contribution in [0.5, 0.6) is 0 Å². The van der Waals surface area contributed by atoms with Gasteiger partial charge in [-0.3, -0.25) is 0 Å². The summed E-state index contributed by atoms with van der Waals surface area (Å²) in [5.41, 5.74) is -0.0198. The minimum atomic E-state index is -4.61. The van der Waals surface area contributed by atoms with E-state index in [-0.39, 0.29) is 15.9 Å². The normalized spacial score (nSPS) is 13.2. The number of H-pyrrole nitrogens is 1. The van der Waals surface area contributed by atoms with Crippen LogP contribution in [0.4, 0.5) is 13.2 Å². The molecule has 2 aromatic rings. The number of aromatic nitrogens is 2. The van der Waals surface area contributed by atoms with Crippen LogP contribution in [0, 0.1) is 0 Å². The molecule has 9 heteroatoms. The monoisotopic (exact) mass is 265 g/mol. The van der Waals surface area contributed by atoms with E-state index in [4.69, 9.17) is 5.14 Å². The Hall–Kier alpha value is -1.61. The van der Waals surface area contributed by atoms with Gasteiger partial charge in [0.15, 0.2) is 0 Å². The van der Waals surface area contributed by atoms with Gasteiger partial charge in [-0.1, -0.05) is 0 Å². The number of sulfonamides is 1. The molecule has 3 N–H and O–H groups in total. The molecule has 1 heterocycles. The number of aromatic amines is 1. The van der Waals surface area contributed by atoms with Crippen LogP contribution in [-0.2, 0) is 16.2 Å². The quantitative estimate of drug-likeness (QED) is 0.812. The van der Waals surface area contributed by atoms with E-state index >= 15 is 0 Å². The Labute approximate surface area is 93.5 Å². The van der Waals surface area contributed by atoms with Crippen molar-refractivity contribution in [2.24, 2.45) is 5.14 Å². The fourth-order valence-corrected chi connectivity index (χ4v) is 1.84. The van der Waals surface area contributed by atoms with Gasteiger partial charge < -0.3 is 4.98 Å². The summed E-state index contributed by atoms with van der Waals surface area (Å²) in [6.07, 6.45) is -4.61. The number of benzene rings is 1. The van der Waals surface area contributed by atoms with Crippen LogP contribution in [0.25, 0.3) is 11.0 Å². The van der Waals surface area contributed by atoms with Crippen LogP contribution in [-0.4, -0.2) is 18.4 Å². The minimum absolute atomic E-state index is 0.0183. The van der Waals surface area contributed by atoms with Gasteiger partial charge in [0.05, 0.1) is 15.9 Å². The van der Waals surface area contributed by atoms with Gasteiger partial charge in [-0.2, -0.15) is 13.2 Å². The number of imidazole rings is 1. The van der Waals surface area contributed by atoms with Crippen LogP contribution < -0.4 is 5.14 Å². The number of rotatable bonds is 1. The summed E-state index contributed by atoms with van der Waals surface area (Å²) in [6.45, 7) is 0.